The van der Waals surface area contributed by atoms with E-state index in [2.05, 4.69) is 15.2 Å². The zero-order valence-electron chi connectivity index (χ0n) is 17.7. The molecule has 6 nitrogen and oxygen atoms in total. The van der Waals surface area contributed by atoms with Crippen LogP contribution in [0.15, 0.2) is 53.3 Å². The summed E-state index contributed by atoms with van der Waals surface area (Å²) in [7, 11) is 0. The molecule has 31 heavy (non-hydrogen) atoms. The number of anilines is 1. The van der Waals surface area contributed by atoms with Crippen molar-refractivity contribution in [2.75, 3.05) is 31.5 Å². The van der Waals surface area contributed by atoms with E-state index in [0.717, 1.165) is 36.1 Å². The summed E-state index contributed by atoms with van der Waals surface area (Å²) in [5, 5.41) is 4.34. The third-order valence-electron chi connectivity index (χ3n) is 5.73. The SMILES string of the molecule is Cc1ccc2[nH]c(=O)c(CN(CCN3CCCC3)C(=O)Nc3ccccc3Cl)cc2c1. The van der Waals surface area contributed by atoms with Gasteiger partial charge in [-0.25, -0.2) is 4.79 Å². The van der Waals surface area contributed by atoms with Crippen molar-refractivity contribution in [2.45, 2.75) is 26.3 Å². The predicted octanol–water partition coefficient (Wildman–Crippen LogP) is 4.62. The number of nitrogens with zero attached hydrogens (tertiary/aromatic N) is 2. The molecule has 2 heterocycles. The van der Waals surface area contributed by atoms with Crippen molar-refractivity contribution in [1.29, 1.82) is 0 Å². The van der Waals surface area contributed by atoms with Crippen LogP contribution in [0.3, 0.4) is 0 Å². The zero-order valence-corrected chi connectivity index (χ0v) is 18.4. The van der Waals surface area contributed by atoms with Gasteiger partial charge in [0.2, 0.25) is 0 Å². The quantitative estimate of drug-likeness (QED) is 0.590. The summed E-state index contributed by atoms with van der Waals surface area (Å²) in [6.07, 6.45) is 2.38. The molecule has 0 unspecified atom stereocenters. The van der Waals surface area contributed by atoms with Gasteiger partial charge in [-0.1, -0.05) is 35.4 Å². The molecule has 0 radical (unpaired) electrons. The second-order valence-electron chi connectivity index (χ2n) is 8.09. The highest BCUT2D eigenvalue weighted by Gasteiger charge is 2.20. The number of benzene rings is 2. The van der Waals surface area contributed by atoms with Crippen molar-refractivity contribution in [3.8, 4) is 0 Å². The number of para-hydroxylation sites is 1. The smallest absolute Gasteiger partial charge is 0.322 e. The number of urea groups is 1. The van der Waals surface area contributed by atoms with E-state index in [0.29, 0.717) is 22.8 Å². The van der Waals surface area contributed by atoms with Crippen LogP contribution in [-0.4, -0.2) is 47.0 Å². The second kappa shape index (κ2) is 9.54. The van der Waals surface area contributed by atoms with E-state index in [1.807, 2.05) is 43.3 Å². The highest BCUT2D eigenvalue weighted by Crippen LogP contribution is 2.21. The molecule has 1 saturated heterocycles. The lowest BCUT2D eigenvalue weighted by Gasteiger charge is -2.26. The van der Waals surface area contributed by atoms with Gasteiger partial charge in [0, 0.05) is 24.2 Å². The zero-order chi connectivity index (χ0) is 21.8. The molecule has 2 aromatic carbocycles. The van der Waals surface area contributed by atoms with Crippen molar-refractivity contribution >= 4 is 34.2 Å². The monoisotopic (exact) mass is 438 g/mol. The number of hydrogen-bond donors (Lipinski definition) is 2. The van der Waals surface area contributed by atoms with Gasteiger partial charge in [0.05, 0.1) is 17.3 Å². The van der Waals surface area contributed by atoms with Crippen LogP contribution in [0, 0.1) is 6.92 Å². The highest BCUT2D eigenvalue weighted by atomic mass is 35.5. The van der Waals surface area contributed by atoms with Gasteiger partial charge in [0.25, 0.3) is 5.56 Å². The number of hydrogen-bond acceptors (Lipinski definition) is 3. The molecule has 7 heteroatoms. The average molecular weight is 439 g/mol. The van der Waals surface area contributed by atoms with Gasteiger partial charge in [0.15, 0.2) is 0 Å². The van der Waals surface area contributed by atoms with E-state index in [4.69, 9.17) is 11.6 Å². The van der Waals surface area contributed by atoms with Crippen molar-refractivity contribution in [2.24, 2.45) is 0 Å². The first-order valence-electron chi connectivity index (χ1n) is 10.6. The summed E-state index contributed by atoms with van der Waals surface area (Å²) >= 11 is 6.22. The summed E-state index contributed by atoms with van der Waals surface area (Å²) in [6, 6.07) is 14.7. The van der Waals surface area contributed by atoms with Crippen molar-refractivity contribution in [3.05, 3.63) is 75.0 Å². The Balaban J connectivity index is 1.58. The molecule has 1 aliphatic rings. The Hall–Kier alpha value is -2.83. The predicted molar refractivity (Wildman–Crippen MR) is 126 cm³/mol. The molecule has 1 aliphatic heterocycles. The van der Waals surface area contributed by atoms with Crippen molar-refractivity contribution in [3.63, 3.8) is 0 Å². The number of carbonyl (C=O) groups is 1. The molecule has 0 bridgehead atoms. The standard InChI is InChI=1S/C24H27ClN4O2/c1-17-8-9-21-18(14-17)15-19(23(30)26-21)16-29(13-12-28-10-4-5-11-28)24(31)27-22-7-3-2-6-20(22)25/h2-3,6-9,14-15H,4-5,10-13,16H2,1H3,(H,26,30)(H,27,31). The lowest BCUT2D eigenvalue weighted by molar-refractivity contribution is 0.197. The molecular weight excluding hydrogens is 412 g/mol. The van der Waals surface area contributed by atoms with Crippen LogP contribution in [-0.2, 0) is 6.54 Å². The number of likely N-dealkylation sites (tertiary alicyclic amines) is 1. The molecule has 2 amide bonds. The first-order chi connectivity index (χ1) is 15.0. The fourth-order valence-corrected chi connectivity index (χ4v) is 4.15. The highest BCUT2D eigenvalue weighted by molar-refractivity contribution is 6.33. The minimum Gasteiger partial charge on any atom is -0.322 e. The Morgan fingerprint density at radius 2 is 1.94 bits per heavy atom. The van der Waals surface area contributed by atoms with Crippen molar-refractivity contribution in [1.82, 2.24) is 14.8 Å². The van der Waals surface area contributed by atoms with Crippen LogP contribution >= 0.6 is 11.6 Å². The topological polar surface area (TPSA) is 68.4 Å². The molecule has 0 saturated carbocycles. The Labute approximate surface area is 186 Å². The van der Waals surface area contributed by atoms with Crippen LogP contribution in [0.4, 0.5) is 10.5 Å². The fourth-order valence-electron chi connectivity index (χ4n) is 3.97. The van der Waals surface area contributed by atoms with Crippen LogP contribution in [0.1, 0.15) is 24.0 Å². The molecule has 1 aromatic heterocycles. The number of amides is 2. The summed E-state index contributed by atoms with van der Waals surface area (Å²) in [6.45, 7) is 5.65. The molecule has 0 spiro atoms. The van der Waals surface area contributed by atoms with Crippen molar-refractivity contribution < 1.29 is 4.79 Å². The summed E-state index contributed by atoms with van der Waals surface area (Å²) in [5.41, 5.74) is 2.86. The third kappa shape index (κ3) is 5.27. The van der Waals surface area contributed by atoms with Gasteiger partial charge < -0.3 is 20.1 Å². The fraction of sp³-hybridized carbons (Fsp3) is 0.333. The molecule has 4 rings (SSSR count). The Bertz CT molecular complexity index is 1140. The first-order valence-corrected chi connectivity index (χ1v) is 11.0. The number of aromatic nitrogens is 1. The number of H-pyrrole nitrogens is 1. The van der Waals surface area contributed by atoms with E-state index in [-0.39, 0.29) is 18.1 Å². The lowest BCUT2D eigenvalue weighted by atomic mass is 10.1. The number of carbonyl (C=O) groups excluding carboxylic acids is 1. The normalized spacial score (nSPS) is 14.1. The summed E-state index contributed by atoms with van der Waals surface area (Å²) in [5.74, 6) is 0. The number of halogens is 1. The number of aromatic amines is 1. The molecular formula is C24H27ClN4O2. The number of rotatable bonds is 6. The average Bonchev–Trinajstić information content (AvgIpc) is 3.27. The molecule has 1 fully saturated rings. The van der Waals surface area contributed by atoms with Gasteiger partial charge in [-0.05, 0) is 68.6 Å². The Morgan fingerprint density at radius 1 is 1.16 bits per heavy atom. The van der Waals surface area contributed by atoms with Gasteiger partial charge in [0.1, 0.15) is 0 Å². The molecule has 3 aromatic rings. The Kier molecular flexibility index (Phi) is 6.59. The number of aryl methyl sites for hydroxylation is 1. The maximum atomic E-state index is 13.1. The number of fused-ring (bicyclic) bond motifs is 1. The largest absolute Gasteiger partial charge is 0.322 e. The maximum absolute atomic E-state index is 13.1. The van der Waals surface area contributed by atoms with E-state index < -0.39 is 0 Å². The van der Waals surface area contributed by atoms with E-state index in [1.165, 1.54) is 12.8 Å². The van der Waals surface area contributed by atoms with Gasteiger partial charge in [-0.15, -0.1) is 0 Å². The first kappa shape index (κ1) is 21.4. The van der Waals surface area contributed by atoms with E-state index in [1.54, 1.807) is 17.0 Å². The second-order valence-corrected chi connectivity index (χ2v) is 8.50. The summed E-state index contributed by atoms with van der Waals surface area (Å²) < 4.78 is 0. The van der Waals surface area contributed by atoms with E-state index >= 15 is 0 Å². The van der Waals surface area contributed by atoms with Crippen LogP contribution < -0.4 is 10.9 Å². The molecule has 0 atom stereocenters. The molecule has 162 valence electrons. The minimum atomic E-state index is -0.268. The van der Waals surface area contributed by atoms with Gasteiger partial charge in [-0.2, -0.15) is 0 Å². The minimum absolute atomic E-state index is 0.173. The molecule has 0 aliphatic carbocycles. The number of pyridine rings is 1. The van der Waals surface area contributed by atoms with Crippen LogP contribution in [0.2, 0.25) is 5.02 Å². The van der Waals surface area contributed by atoms with Crippen LogP contribution in [0.5, 0.6) is 0 Å². The van der Waals surface area contributed by atoms with Crippen LogP contribution in [0.25, 0.3) is 10.9 Å². The summed E-state index contributed by atoms with van der Waals surface area (Å²) in [4.78, 5) is 32.8. The van der Waals surface area contributed by atoms with Gasteiger partial charge >= 0.3 is 6.03 Å². The number of nitrogens with one attached hydrogen (secondary N) is 2. The lowest BCUT2D eigenvalue weighted by Crippen LogP contribution is -2.41. The van der Waals surface area contributed by atoms with E-state index in [9.17, 15) is 9.59 Å². The Morgan fingerprint density at radius 3 is 2.71 bits per heavy atom. The molecule has 2 N–H and O–H groups in total. The maximum Gasteiger partial charge on any atom is 0.322 e. The van der Waals surface area contributed by atoms with Gasteiger partial charge in [-0.3, -0.25) is 4.79 Å². The third-order valence-corrected chi connectivity index (χ3v) is 6.05.